The molecule has 0 spiro atoms. The van der Waals surface area contributed by atoms with Gasteiger partial charge in [0.25, 0.3) is 0 Å². The molecule has 1 aliphatic rings. The van der Waals surface area contributed by atoms with E-state index in [0.717, 1.165) is 18.7 Å². The molecule has 1 aliphatic heterocycles. The fraction of sp³-hybridized carbons (Fsp3) is 0.500. The molecule has 1 saturated heterocycles. The molecule has 4 heteroatoms. The summed E-state index contributed by atoms with van der Waals surface area (Å²) in [6.07, 6.45) is 0.761. The highest BCUT2D eigenvalue weighted by Crippen LogP contribution is 2.38. The maximum atomic E-state index is 12.9. The Morgan fingerprint density at radius 2 is 2.00 bits per heavy atom. The third-order valence-electron chi connectivity index (χ3n) is 3.81. The summed E-state index contributed by atoms with van der Waals surface area (Å²) in [6, 6.07) is 6.38. The highest BCUT2D eigenvalue weighted by molar-refractivity contribution is 5.76. The van der Waals surface area contributed by atoms with Crippen molar-refractivity contribution in [3.63, 3.8) is 0 Å². The van der Waals surface area contributed by atoms with Crippen molar-refractivity contribution >= 4 is 11.7 Å². The van der Waals surface area contributed by atoms with E-state index < -0.39 is 0 Å². The molecule has 1 aromatic carbocycles. The Bertz CT molecular complexity index is 442. The number of hydrogen-bond acceptors (Lipinski definition) is 3. The van der Waals surface area contributed by atoms with Gasteiger partial charge >= 0.3 is 5.97 Å². The van der Waals surface area contributed by atoms with Gasteiger partial charge in [0.1, 0.15) is 5.82 Å². The standard InChI is InChI=1S/C14H18FNO2/c1-14(2)12(13(17)18-3)8-9-16(14)11-6-4-10(15)5-7-11/h4-7,12H,8-9H2,1-3H3. The average Bonchev–Trinajstić information content (AvgIpc) is 2.65. The van der Waals surface area contributed by atoms with E-state index >= 15 is 0 Å². The van der Waals surface area contributed by atoms with Gasteiger partial charge < -0.3 is 9.64 Å². The number of anilines is 1. The Kier molecular flexibility index (Phi) is 3.28. The molecule has 98 valence electrons. The SMILES string of the molecule is COC(=O)C1CCN(c2ccc(F)cc2)C1(C)C. The number of methoxy groups -OCH3 is 1. The van der Waals surface area contributed by atoms with Gasteiger partial charge in [-0.1, -0.05) is 0 Å². The van der Waals surface area contributed by atoms with Crippen LogP contribution in [0.3, 0.4) is 0 Å². The number of halogens is 1. The molecule has 18 heavy (non-hydrogen) atoms. The van der Waals surface area contributed by atoms with Gasteiger partial charge in [0.15, 0.2) is 0 Å². The number of hydrogen-bond donors (Lipinski definition) is 0. The van der Waals surface area contributed by atoms with Crippen LogP contribution in [0.4, 0.5) is 10.1 Å². The van der Waals surface area contributed by atoms with Crippen molar-refractivity contribution in [2.24, 2.45) is 5.92 Å². The van der Waals surface area contributed by atoms with Crippen molar-refractivity contribution < 1.29 is 13.9 Å². The third kappa shape index (κ3) is 2.07. The lowest BCUT2D eigenvalue weighted by Gasteiger charge is -2.36. The Balaban J connectivity index is 2.26. The van der Waals surface area contributed by atoms with Crippen molar-refractivity contribution in [2.75, 3.05) is 18.6 Å². The first-order valence-corrected chi connectivity index (χ1v) is 6.08. The van der Waals surface area contributed by atoms with Gasteiger partial charge in [0, 0.05) is 17.8 Å². The zero-order chi connectivity index (χ0) is 13.3. The van der Waals surface area contributed by atoms with E-state index in [1.807, 2.05) is 13.8 Å². The van der Waals surface area contributed by atoms with Gasteiger partial charge in [-0.15, -0.1) is 0 Å². The third-order valence-corrected chi connectivity index (χ3v) is 3.81. The van der Waals surface area contributed by atoms with E-state index in [-0.39, 0.29) is 23.2 Å². The summed E-state index contributed by atoms with van der Waals surface area (Å²) in [5.41, 5.74) is 0.623. The normalized spacial score (nSPS) is 22.0. The maximum Gasteiger partial charge on any atom is 0.311 e. The Hall–Kier alpha value is -1.58. The van der Waals surface area contributed by atoms with Gasteiger partial charge in [-0.2, -0.15) is 0 Å². The first kappa shape index (κ1) is 12.9. The molecule has 3 nitrogen and oxygen atoms in total. The van der Waals surface area contributed by atoms with Crippen LogP contribution in [0.1, 0.15) is 20.3 Å². The Morgan fingerprint density at radius 1 is 1.39 bits per heavy atom. The topological polar surface area (TPSA) is 29.5 Å². The van der Waals surface area contributed by atoms with Gasteiger partial charge in [-0.05, 0) is 44.5 Å². The van der Waals surface area contributed by atoms with E-state index in [1.54, 1.807) is 12.1 Å². The van der Waals surface area contributed by atoms with E-state index in [1.165, 1.54) is 19.2 Å². The van der Waals surface area contributed by atoms with Crippen LogP contribution in [0, 0.1) is 11.7 Å². The van der Waals surface area contributed by atoms with E-state index in [9.17, 15) is 9.18 Å². The Morgan fingerprint density at radius 3 is 2.56 bits per heavy atom. The number of nitrogens with zero attached hydrogens (tertiary/aromatic N) is 1. The minimum absolute atomic E-state index is 0.146. The van der Waals surface area contributed by atoms with E-state index in [2.05, 4.69) is 4.90 Å². The molecule has 1 atom stereocenters. The van der Waals surface area contributed by atoms with Crippen LogP contribution in [-0.2, 0) is 9.53 Å². The molecule has 2 rings (SSSR count). The van der Waals surface area contributed by atoms with Crippen LogP contribution in [0.5, 0.6) is 0 Å². The molecule has 0 aromatic heterocycles. The predicted molar refractivity (Wildman–Crippen MR) is 67.9 cm³/mol. The smallest absolute Gasteiger partial charge is 0.311 e. The summed E-state index contributed by atoms with van der Waals surface area (Å²) in [5, 5.41) is 0. The highest BCUT2D eigenvalue weighted by Gasteiger charge is 2.45. The molecule has 0 amide bonds. The van der Waals surface area contributed by atoms with Crippen LogP contribution in [-0.4, -0.2) is 25.2 Å². The van der Waals surface area contributed by atoms with Crippen molar-refractivity contribution in [1.29, 1.82) is 0 Å². The molecule has 1 fully saturated rings. The number of carbonyl (C=O) groups is 1. The molecule has 0 radical (unpaired) electrons. The monoisotopic (exact) mass is 251 g/mol. The van der Waals surface area contributed by atoms with Crippen LogP contribution in [0.25, 0.3) is 0 Å². The zero-order valence-corrected chi connectivity index (χ0v) is 10.9. The van der Waals surface area contributed by atoms with E-state index in [0.29, 0.717) is 0 Å². The van der Waals surface area contributed by atoms with Crippen LogP contribution >= 0.6 is 0 Å². The van der Waals surface area contributed by atoms with Crippen molar-refractivity contribution in [1.82, 2.24) is 0 Å². The van der Waals surface area contributed by atoms with Gasteiger partial charge in [-0.3, -0.25) is 4.79 Å². The molecule has 0 aliphatic carbocycles. The van der Waals surface area contributed by atoms with E-state index in [4.69, 9.17) is 4.74 Å². The second kappa shape index (κ2) is 4.59. The molecule has 0 N–H and O–H groups in total. The summed E-state index contributed by atoms with van der Waals surface area (Å²) in [7, 11) is 1.42. The molecule has 1 unspecified atom stereocenters. The second-order valence-corrected chi connectivity index (χ2v) is 5.15. The first-order chi connectivity index (χ1) is 8.46. The highest BCUT2D eigenvalue weighted by atomic mass is 19.1. The summed E-state index contributed by atoms with van der Waals surface area (Å²) < 4.78 is 17.8. The van der Waals surface area contributed by atoms with Gasteiger partial charge in [0.2, 0.25) is 0 Å². The number of ether oxygens (including phenoxy) is 1. The Labute approximate surface area is 107 Å². The number of carbonyl (C=O) groups excluding carboxylic acids is 1. The summed E-state index contributed by atoms with van der Waals surface area (Å²) in [5.74, 6) is -0.572. The molecule has 0 bridgehead atoms. The molecule has 1 heterocycles. The van der Waals surface area contributed by atoms with Gasteiger partial charge in [-0.25, -0.2) is 4.39 Å². The second-order valence-electron chi connectivity index (χ2n) is 5.15. The quantitative estimate of drug-likeness (QED) is 0.757. The lowest BCUT2D eigenvalue weighted by molar-refractivity contribution is -0.146. The summed E-state index contributed by atoms with van der Waals surface area (Å²) in [4.78, 5) is 13.9. The lowest BCUT2D eigenvalue weighted by atomic mass is 9.88. The minimum atomic E-state index is -0.315. The first-order valence-electron chi connectivity index (χ1n) is 6.08. The molecular formula is C14H18FNO2. The fourth-order valence-electron chi connectivity index (χ4n) is 2.72. The summed E-state index contributed by atoms with van der Waals surface area (Å²) >= 11 is 0. The molecular weight excluding hydrogens is 233 g/mol. The number of rotatable bonds is 2. The van der Waals surface area contributed by atoms with Crippen molar-refractivity contribution in [2.45, 2.75) is 25.8 Å². The van der Waals surface area contributed by atoms with Crippen LogP contribution < -0.4 is 4.90 Å². The predicted octanol–water partition coefficient (Wildman–Crippen LogP) is 2.60. The lowest BCUT2D eigenvalue weighted by Crippen LogP contribution is -2.45. The van der Waals surface area contributed by atoms with Crippen molar-refractivity contribution in [3.8, 4) is 0 Å². The summed E-state index contributed by atoms with van der Waals surface area (Å²) in [6.45, 7) is 4.81. The number of esters is 1. The largest absolute Gasteiger partial charge is 0.469 e. The molecule has 1 aromatic rings. The minimum Gasteiger partial charge on any atom is -0.469 e. The van der Waals surface area contributed by atoms with Crippen LogP contribution in [0.15, 0.2) is 24.3 Å². The fourth-order valence-corrected chi connectivity index (χ4v) is 2.72. The van der Waals surface area contributed by atoms with Gasteiger partial charge in [0.05, 0.1) is 13.0 Å². The molecule has 0 saturated carbocycles. The van der Waals surface area contributed by atoms with Crippen LogP contribution in [0.2, 0.25) is 0 Å². The number of benzene rings is 1. The maximum absolute atomic E-state index is 12.9. The zero-order valence-electron chi connectivity index (χ0n) is 10.9. The average molecular weight is 251 g/mol. The van der Waals surface area contributed by atoms with Crippen molar-refractivity contribution in [3.05, 3.63) is 30.1 Å².